The third-order valence-corrected chi connectivity index (χ3v) is 5.41. The standard InChI is InChI=1S/C19H17Cl2FN4O2S/c1-2-26-17(10-28-16-6-4-3-5-13(16)20)24-25-19(26)29-11-18(27)23-12-7-8-15(22)14(21)9-12/h3-9H,2,10-11H2,1H3,(H,23,27). The molecule has 0 saturated carbocycles. The zero-order valence-corrected chi connectivity index (χ0v) is 17.7. The molecule has 6 nitrogen and oxygen atoms in total. The van der Waals surface area contributed by atoms with E-state index >= 15 is 0 Å². The van der Waals surface area contributed by atoms with Crippen LogP contribution in [0.3, 0.4) is 0 Å². The van der Waals surface area contributed by atoms with Crippen molar-refractivity contribution in [2.75, 3.05) is 11.1 Å². The van der Waals surface area contributed by atoms with Gasteiger partial charge in [0.1, 0.15) is 18.2 Å². The number of hydrogen-bond donors (Lipinski definition) is 1. The van der Waals surface area contributed by atoms with Crippen LogP contribution in [0.15, 0.2) is 47.6 Å². The maximum Gasteiger partial charge on any atom is 0.234 e. The van der Waals surface area contributed by atoms with Gasteiger partial charge in [-0.1, -0.05) is 47.1 Å². The molecule has 0 atom stereocenters. The Labute approximate surface area is 181 Å². The van der Waals surface area contributed by atoms with E-state index in [2.05, 4.69) is 15.5 Å². The second-order valence-electron chi connectivity index (χ2n) is 5.83. The van der Waals surface area contributed by atoms with E-state index in [4.69, 9.17) is 27.9 Å². The van der Waals surface area contributed by atoms with E-state index in [1.807, 2.05) is 23.6 Å². The summed E-state index contributed by atoms with van der Waals surface area (Å²) in [5.41, 5.74) is 0.424. The Bertz CT molecular complexity index is 1020. The Hall–Kier alpha value is -2.29. The fourth-order valence-electron chi connectivity index (χ4n) is 2.46. The van der Waals surface area contributed by atoms with Crippen LogP contribution >= 0.6 is 35.0 Å². The molecule has 3 rings (SSSR count). The van der Waals surface area contributed by atoms with E-state index in [0.29, 0.717) is 34.0 Å². The third-order valence-electron chi connectivity index (χ3n) is 3.84. The van der Waals surface area contributed by atoms with Crippen LogP contribution in [0.25, 0.3) is 0 Å². The number of aromatic nitrogens is 3. The summed E-state index contributed by atoms with van der Waals surface area (Å²) in [6, 6.07) is 11.2. The molecular weight excluding hydrogens is 438 g/mol. The number of thioether (sulfide) groups is 1. The average Bonchev–Trinajstić information content (AvgIpc) is 3.10. The van der Waals surface area contributed by atoms with E-state index < -0.39 is 5.82 Å². The van der Waals surface area contributed by atoms with Gasteiger partial charge in [0.2, 0.25) is 5.91 Å². The number of rotatable bonds is 8. The molecule has 0 aliphatic rings. The number of nitrogens with zero attached hydrogens (tertiary/aromatic N) is 3. The van der Waals surface area contributed by atoms with Gasteiger partial charge in [0.25, 0.3) is 0 Å². The quantitative estimate of drug-likeness (QED) is 0.482. The van der Waals surface area contributed by atoms with E-state index in [9.17, 15) is 9.18 Å². The van der Waals surface area contributed by atoms with Crippen molar-refractivity contribution >= 4 is 46.6 Å². The van der Waals surface area contributed by atoms with E-state index in [1.165, 1.54) is 30.0 Å². The van der Waals surface area contributed by atoms with E-state index in [0.717, 1.165) is 0 Å². The maximum atomic E-state index is 13.2. The smallest absolute Gasteiger partial charge is 0.234 e. The highest BCUT2D eigenvalue weighted by molar-refractivity contribution is 7.99. The molecular formula is C19H17Cl2FN4O2S. The first-order valence-electron chi connectivity index (χ1n) is 8.65. The van der Waals surface area contributed by atoms with Crippen LogP contribution in [-0.2, 0) is 17.9 Å². The molecule has 1 amide bonds. The van der Waals surface area contributed by atoms with Crippen LogP contribution in [-0.4, -0.2) is 26.4 Å². The molecule has 1 aromatic heterocycles. The number of nitrogens with one attached hydrogen (secondary N) is 1. The molecule has 1 heterocycles. The number of anilines is 1. The topological polar surface area (TPSA) is 69.0 Å². The summed E-state index contributed by atoms with van der Waals surface area (Å²) >= 11 is 13.1. The van der Waals surface area contributed by atoms with Gasteiger partial charge in [-0.25, -0.2) is 4.39 Å². The Morgan fingerprint density at radius 3 is 2.72 bits per heavy atom. The first-order chi connectivity index (χ1) is 14.0. The molecule has 0 radical (unpaired) electrons. The molecule has 3 aromatic rings. The van der Waals surface area contributed by atoms with Gasteiger partial charge in [-0.15, -0.1) is 10.2 Å². The second kappa shape index (κ2) is 9.96. The van der Waals surface area contributed by atoms with Crippen molar-refractivity contribution in [1.29, 1.82) is 0 Å². The van der Waals surface area contributed by atoms with Gasteiger partial charge in [-0.3, -0.25) is 4.79 Å². The van der Waals surface area contributed by atoms with Crippen LogP contribution in [0.4, 0.5) is 10.1 Å². The SMILES string of the molecule is CCn1c(COc2ccccc2Cl)nnc1SCC(=O)Nc1ccc(F)c(Cl)c1. The highest BCUT2D eigenvalue weighted by Crippen LogP contribution is 2.25. The van der Waals surface area contributed by atoms with E-state index in [-0.39, 0.29) is 23.3 Å². The molecule has 10 heteroatoms. The van der Waals surface area contributed by atoms with Gasteiger partial charge in [0.05, 0.1) is 15.8 Å². The van der Waals surface area contributed by atoms with Crippen molar-refractivity contribution in [2.24, 2.45) is 0 Å². The first-order valence-corrected chi connectivity index (χ1v) is 10.4. The average molecular weight is 455 g/mol. The normalized spacial score (nSPS) is 10.8. The summed E-state index contributed by atoms with van der Waals surface area (Å²) in [4.78, 5) is 12.2. The van der Waals surface area contributed by atoms with Gasteiger partial charge >= 0.3 is 0 Å². The Morgan fingerprint density at radius 1 is 1.21 bits per heavy atom. The minimum absolute atomic E-state index is 0.0515. The van der Waals surface area contributed by atoms with Crippen molar-refractivity contribution in [3.63, 3.8) is 0 Å². The minimum Gasteiger partial charge on any atom is -0.484 e. The lowest BCUT2D eigenvalue weighted by Gasteiger charge is -2.10. The van der Waals surface area contributed by atoms with Gasteiger partial charge in [0, 0.05) is 12.2 Å². The second-order valence-corrected chi connectivity index (χ2v) is 7.58. The molecule has 0 aliphatic heterocycles. The predicted molar refractivity (Wildman–Crippen MR) is 112 cm³/mol. The molecule has 0 saturated heterocycles. The number of ether oxygens (including phenoxy) is 1. The summed E-state index contributed by atoms with van der Waals surface area (Å²) in [7, 11) is 0. The lowest BCUT2D eigenvalue weighted by Crippen LogP contribution is -2.15. The van der Waals surface area contributed by atoms with Crippen LogP contribution in [0.2, 0.25) is 10.0 Å². The van der Waals surface area contributed by atoms with Gasteiger partial charge in [-0.05, 0) is 37.3 Å². The van der Waals surface area contributed by atoms with Crippen molar-refractivity contribution < 1.29 is 13.9 Å². The zero-order valence-electron chi connectivity index (χ0n) is 15.4. The number of carbonyl (C=O) groups excluding carboxylic acids is 1. The van der Waals surface area contributed by atoms with Crippen molar-refractivity contribution in [1.82, 2.24) is 14.8 Å². The van der Waals surface area contributed by atoms with Gasteiger partial charge in [-0.2, -0.15) is 0 Å². The number of amides is 1. The van der Waals surface area contributed by atoms with Gasteiger partial charge in [0.15, 0.2) is 11.0 Å². The molecule has 2 aromatic carbocycles. The lowest BCUT2D eigenvalue weighted by molar-refractivity contribution is -0.113. The summed E-state index contributed by atoms with van der Waals surface area (Å²) in [6.07, 6.45) is 0. The Morgan fingerprint density at radius 2 is 2.00 bits per heavy atom. The molecule has 0 unspecified atom stereocenters. The molecule has 0 spiro atoms. The zero-order chi connectivity index (χ0) is 20.8. The first kappa shape index (κ1) is 21.4. The predicted octanol–water partition coefficient (Wildman–Crippen LogP) is 5.05. The number of halogens is 3. The van der Waals surface area contributed by atoms with Crippen molar-refractivity contribution in [3.05, 3.63) is 64.2 Å². The molecule has 0 fully saturated rings. The molecule has 0 aliphatic carbocycles. The monoisotopic (exact) mass is 454 g/mol. The lowest BCUT2D eigenvalue weighted by atomic mass is 10.3. The molecule has 152 valence electrons. The highest BCUT2D eigenvalue weighted by Gasteiger charge is 2.14. The number of carbonyl (C=O) groups is 1. The van der Waals surface area contributed by atoms with Crippen LogP contribution in [0.5, 0.6) is 5.75 Å². The van der Waals surface area contributed by atoms with Gasteiger partial charge < -0.3 is 14.6 Å². The largest absolute Gasteiger partial charge is 0.484 e. The Kier molecular flexibility index (Phi) is 7.35. The Balaban J connectivity index is 1.59. The number of para-hydroxylation sites is 1. The number of hydrogen-bond acceptors (Lipinski definition) is 5. The minimum atomic E-state index is -0.540. The van der Waals surface area contributed by atoms with Crippen LogP contribution in [0, 0.1) is 5.82 Å². The molecule has 29 heavy (non-hydrogen) atoms. The third kappa shape index (κ3) is 5.62. The maximum absolute atomic E-state index is 13.2. The summed E-state index contributed by atoms with van der Waals surface area (Å²) < 4.78 is 20.8. The van der Waals surface area contributed by atoms with E-state index in [1.54, 1.807) is 12.1 Å². The highest BCUT2D eigenvalue weighted by atomic mass is 35.5. The summed E-state index contributed by atoms with van der Waals surface area (Å²) in [5, 5.41) is 12.0. The molecule has 1 N–H and O–H groups in total. The fraction of sp³-hybridized carbons (Fsp3) is 0.211. The summed E-state index contributed by atoms with van der Waals surface area (Å²) in [5.74, 6) is 0.490. The molecule has 0 bridgehead atoms. The van der Waals surface area contributed by atoms with Crippen molar-refractivity contribution in [2.45, 2.75) is 25.2 Å². The van der Waals surface area contributed by atoms with Crippen LogP contribution < -0.4 is 10.1 Å². The van der Waals surface area contributed by atoms with Crippen molar-refractivity contribution in [3.8, 4) is 5.75 Å². The number of benzene rings is 2. The van der Waals surface area contributed by atoms with Crippen LogP contribution in [0.1, 0.15) is 12.7 Å². The summed E-state index contributed by atoms with van der Waals surface area (Å²) in [6.45, 7) is 2.77. The fourth-order valence-corrected chi connectivity index (χ4v) is 3.65.